The van der Waals surface area contributed by atoms with Crippen LogP contribution < -0.4 is 0 Å². The van der Waals surface area contributed by atoms with Gasteiger partial charge in [-0.25, -0.2) is 4.98 Å². The Labute approximate surface area is 103 Å². The Kier molecular flexibility index (Phi) is 2.99. The van der Waals surface area contributed by atoms with E-state index in [2.05, 4.69) is 4.98 Å². The predicted molar refractivity (Wildman–Crippen MR) is 63.1 cm³/mol. The Bertz CT molecular complexity index is 531. The van der Waals surface area contributed by atoms with Gasteiger partial charge in [-0.15, -0.1) is 0 Å². The molecule has 0 N–H and O–H groups in total. The van der Waals surface area contributed by atoms with Crippen LogP contribution >= 0.6 is 23.2 Å². The Hall–Kier alpha value is -1.32. The minimum Gasteiger partial charge on any atom is -0.315 e. The standard InChI is InChI=1S/C11H8Cl2N2O/c1-15-9(6-14-11(15)13)10(16)7-2-4-8(12)5-3-7/h2-6H,1H3. The number of carbonyl (C=O) groups excluding carboxylic acids is 1. The molecule has 1 heterocycles. The van der Waals surface area contributed by atoms with E-state index in [0.29, 0.717) is 16.3 Å². The Morgan fingerprint density at radius 2 is 1.88 bits per heavy atom. The lowest BCUT2D eigenvalue weighted by atomic mass is 10.1. The highest BCUT2D eigenvalue weighted by molar-refractivity contribution is 6.30. The zero-order valence-corrected chi connectivity index (χ0v) is 9.96. The van der Waals surface area contributed by atoms with Crippen molar-refractivity contribution >= 4 is 29.0 Å². The maximum Gasteiger partial charge on any atom is 0.211 e. The van der Waals surface area contributed by atoms with Gasteiger partial charge in [0.15, 0.2) is 0 Å². The molecular weight excluding hydrogens is 247 g/mol. The number of carbonyl (C=O) groups is 1. The van der Waals surface area contributed by atoms with Crippen LogP contribution in [0.4, 0.5) is 0 Å². The van der Waals surface area contributed by atoms with Gasteiger partial charge in [0.1, 0.15) is 5.69 Å². The van der Waals surface area contributed by atoms with E-state index in [0.717, 1.165) is 0 Å². The topological polar surface area (TPSA) is 34.9 Å². The molecule has 0 atom stereocenters. The lowest BCUT2D eigenvalue weighted by Crippen LogP contribution is -2.07. The molecule has 3 nitrogen and oxygen atoms in total. The summed E-state index contributed by atoms with van der Waals surface area (Å²) >= 11 is 11.5. The summed E-state index contributed by atoms with van der Waals surface area (Å²) in [4.78, 5) is 15.9. The Balaban J connectivity index is 2.39. The van der Waals surface area contributed by atoms with Crippen molar-refractivity contribution in [1.82, 2.24) is 9.55 Å². The minimum absolute atomic E-state index is 0.126. The van der Waals surface area contributed by atoms with Gasteiger partial charge in [0.2, 0.25) is 11.1 Å². The average molecular weight is 255 g/mol. The summed E-state index contributed by atoms with van der Waals surface area (Å²) in [6.07, 6.45) is 1.46. The molecule has 2 aromatic rings. The fourth-order valence-electron chi connectivity index (χ4n) is 1.35. The second-order valence-corrected chi connectivity index (χ2v) is 4.08. The van der Waals surface area contributed by atoms with E-state index < -0.39 is 0 Å². The molecule has 16 heavy (non-hydrogen) atoms. The van der Waals surface area contributed by atoms with E-state index in [4.69, 9.17) is 23.2 Å². The SMILES string of the molecule is Cn1c(C(=O)c2ccc(Cl)cc2)cnc1Cl. The number of nitrogens with zero attached hydrogens (tertiary/aromatic N) is 2. The van der Waals surface area contributed by atoms with Crippen molar-refractivity contribution in [3.05, 3.63) is 52.0 Å². The third kappa shape index (κ3) is 1.96. The van der Waals surface area contributed by atoms with Crippen LogP contribution in [-0.2, 0) is 7.05 Å². The molecule has 0 saturated heterocycles. The minimum atomic E-state index is -0.126. The van der Waals surface area contributed by atoms with Gasteiger partial charge in [-0.3, -0.25) is 4.79 Å². The lowest BCUT2D eigenvalue weighted by molar-refractivity contribution is 0.103. The lowest BCUT2D eigenvalue weighted by Gasteiger charge is -2.02. The molecule has 0 aliphatic heterocycles. The van der Waals surface area contributed by atoms with Crippen LogP contribution in [0.5, 0.6) is 0 Å². The third-order valence-electron chi connectivity index (χ3n) is 2.27. The van der Waals surface area contributed by atoms with Crippen molar-refractivity contribution in [1.29, 1.82) is 0 Å². The van der Waals surface area contributed by atoms with Crippen LogP contribution in [0.15, 0.2) is 30.5 Å². The number of benzene rings is 1. The van der Waals surface area contributed by atoms with Crippen LogP contribution in [0, 0.1) is 0 Å². The molecule has 1 aromatic heterocycles. The van der Waals surface area contributed by atoms with Gasteiger partial charge in [0, 0.05) is 17.6 Å². The maximum atomic E-state index is 12.0. The van der Waals surface area contributed by atoms with Crippen molar-refractivity contribution in [2.75, 3.05) is 0 Å². The van der Waals surface area contributed by atoms with E-state index in [-0.39, 0.29) is 11.1 Å². The molecule has 0 saturated carbocycles. The van der Waals surface area contributed by atoms with Gasteiger partial charge in [-0.05, 0) is 35.9 Å². The molecule has 1 aromatic carbocycles. The normalized spacial score (nSPS) is 10.4. The summed E-state index contributed by atoms with van der Waals surface area (Å²) in [5, 5.41) is 0.886. The molecule has 0 spiro atoms. The molecule has 5 heteroatoms. The number of ketones is 1. The Morgan fingerprint density at radius 3 is 2.38 bits per heavy atom. The molecule has 2 rings (SSSR count). The van der Waals surface area contributed by atoms with E-state index in [9.17, 15) is 4.79 Å². The van der Waals surface area contributed by atoms with Crippen LogP contribution in [-0.4, -0.2) is 15.3 Å². The van der Waals surface area contributed by atoms with Gasteiger partial charge >= 0.3 is 0 Å². The molecule has 0 aliphatic carbocycles. The summed E-state index contributed by atoms with van der Waals surface area (Å²) in [6.45, 7) is 0. The molecule has 0 unspecified atom stereocenters. The summed E-state index contributed by atoms with van der Waals surface area (Å²) < 4.78 is 1.54. The number of hydrogen-bond donors (Lipinski definition) is 0. The van der Waals surface area contributed by atoms with Crippen molar-refractivity contribution in [2.45, 2.75) is 0 Å². The van der Waals surface area contributed by atoms with Crippen molar-refractivity contribution in [3.8, 4) is 0 Å². The summed E-state index contributed by atoms with van der Waals surface area (Å²) in [5.41, 5.74) is 1.01. The highest BCUT2D eigenvalue weighted by Crippen LogP contribution is 2.15. The largest absolute Gasteiger partial charge is 0.315 e. The zero-order chi connectivity index (χ0) is 11.7. The predicted octanol–water partition coefficient (Wildman–Crippen LogP) is 2.96. The molecule has 82 valence electrons. The van der Waals surface area contributed by atoms with Gasteiger partial charge in [0.05, 0.1) is 6.20 Å². The number of halogens is 2. The summed E-state index contributed by atoms with van der Waals surface area (Å²) in [5.74, 6) is -0.126. The number of imidazole rings is 1. The van der Waals surface area contributed by atoms with Gasteiger partial charge < -0.3 is 4.57 Å². The number of aromatic nitrogens is 2. The van der Waals surface area contributed by atoms with Crippen LogP contribution in [0.25, 0.3) is 0 Å². The van der Waals surface area contributed by atoms with E-state index in [1.165, 1.54) is 6.20 Å². The monoisotopic (exact) mass is 254 g/mol. The van der Waals surface area contributed by atoms with Crippen molar-refractivity contribution in [2.24, 2.45) is 7.05 Å². The first kappa shape index (κ1) is 11.2. The van der Waals surface area contributed by atoms with Crippen molar-refractivity contribution < 1.29 is 4.79 Å². The molecular formula is C11H8Cl2N2O. The molecule has 0 radical (unpaired) electrons. The summed E-state index contributed by atoms with van der Waals surface area (Å²) in [6, 6.07) is 6.69. The van der Waals surface area contributed by atoms with Gasteiger partial charge in [0.25, 0.3) is 0 Å². The Morgan fingerprint density at radius 1 is 1.25 bits per heavy atom. The first-order chi connectivity index (χ1) is 7.59. The van der Waals surface area contributed by atoms with Crippen LogP contribution in [0.3, 0.4) is 0 Å². The molecule has 0 aliphatic rings. The number of hydrogen-bond acceptors (Lipinski definition) is 2. The highest BCUT2D eigenvalue weighted by Gasteiger charge is 2.14. The molecule has 0 bridgehead atoms. The smallest absolute Gasteiger partial charge is 0.211 e. The van der Waals surface area contributed by atoms with Crippen LogP contribution in [0.2, 0.25) is 10.3 Å². The van der Waals surface area contributed by atoms with E-state index >= 15 is 0 Å². The molecule has 0 amide bonds. The van der Waals surface area contributed by atoms with E-state index in [1.54, 1.807) is 35.9 Å². The first-order valence-corrected chi connectivity index (χ1v) is 5.32. The fourth-order valence-corrected chi connectivity index (χ4v) is 1.61. The van der Waals surface area contributed by atoms with Crippen molar-refractivity contribution in [3.63, 3.8) is 0 Å². The summed E-state index contributed by atoms with van der Waals surface area (Å²) in [7, 11) is 1.69. The zero-order valence-electron chi connectivity index (χ0n) is 8.45. The third-order valence-corrected chi connectivity index (χ3v) is 2.87. The first-order valence-electron chi connectivity index (χ1n) is 4.57. The maximum absolute atomic E-state index is 12.0. The molecule has 0 fully saturated rings. The average Bonchev–Trinajstić information content (AvgIpc) is 2.60. The van der Waals surface area contributed by atoms with Crippen LogP contribution in [0.1, 0.15) is 16.1 Å². The van der Waals surface area contributed by atoms with Gasteiger partial charge in [-0.1, -0.05) is 11.6 Å². The number of rotatable bonds is 2. The van der Waals surface area contributed by atoms with Gasteiger partial charge in [-0.2, -0.15) is 0 Å². The second kappa shape index (κ2) is 4.28. The van der Waals surface area contributed by atoms with E-state index in [1.807, 2.05) is 0 Å². The fraction of sp³-hybridized carbons (Fsp3) is 0.0909. The second-order valence-electron chi connectivity index (χ2n) is 3.31. The quantitative estimate of drug-likeness (QED) is 0.773. The highest BCUT2D eigenvalue weighted by atomic mass is 35.5.